The number of hydrogen-bond acceptors (Lipinski definition) is 3. The summed E-state index contributed by atoms with van der Waals surface area (Å²) in [5.41, 5.74) is 3.78. The fourth-order valence-corrected chi connectivity index (χ4v) is 2.91. The Morgan fingerprint density at radius 2 is 2.29 bits per heavy atom. The van der Waals surface area contributed by atoms with E-state index in [0.29, 0.717) is 0 Å². The third-order valence-corrected chi connectivity index (χ3v) is 3.83. The average Bonchev–Trinajstić information content (AvgIpc) is 2.16. The first kappa shape index (κ1) is 9.87. The van der Waals surface area contributed by atoms with Crippen molar-refractivity contribution in [3.63, 3.8) is 0 Å². The maximum atomic E-state index is 9.08. The molecule has 14 heavy (non-hydrogen) atoms. The summed E-state index contributed by atoms with van der Waals surface area (Å²) in [6.07, 6.45) is 0. The van der Waals surface area contributed by atoms with Gasteiger partial charge in [-0.05, 0) is 31.0 Å². The summed E-state index contributed by atoms with van der Waals surface area (Å²) in [5, 5.41) is 12.4. The van der Waals surface area contributed by atoms with E-state index >= 15 is 0 Å². The molecular weight excluding hydrogens is 194 g/mol. The van der Waals surface area contributed by atoms with E-state index < -0.39 is 0 Å². The lowest BCUT2D eigenvalue weighted by Gasteiger charge is -2.26. The van der Waals surface area contributed by atoms with Crippen LogP contribution in [-0.2, 0) is 0 Å². The van der Waals surface area contributed by atoms with Gasteiger partial charge in [-0.1, -0.05) is 6.07 Å². The Balaban J connectivity index is 2.37. The van der Waals surface area contributed by atoms with Crippen LogP contribution in [-0.4, -0.2) is 23.5 Å². The molecule has 0 radical (unpaired) electrons. The molecule has 0 spiro atoms. The van der Waals surface area contributed by atoms with Gasteiger partial charge in [0.25, 0.3) is 0 Å². The van der Waals surface area contributed by atoms with Crippen LogP contribution < -0.4 is 5.32 Å². The minimum Gasteiger partial charge on any atom is -0.394 e. The molecule has 1 aromatic rings. The molecule has 0 saturated heterocycles. The molecule has 1 atom stereocenters. The van der Waals surface area contributed by atoms with Gasteiger partial charge in [-0.25, -0.2) is 0 Å². The lowest BCUT2D eigenvalue weighted by atomic mass is 10.1. The first-order valence-corrected chi connectivity index (χ1v) is 5.80. The van der Waals surface area contributed by atoms with Gasteiger partial charge in [-0.15, -0.1) is 11.8 Å². The summed E-state index contributed by atoms with van der Waals surface area (Å²) in [4.78, 5) is 1.33. The fourth-order valence-electron chi connectivity index (χ4n) is 1.80. The van der Waals surface area contributed by atoms with E-state index in [1.54, 1.807) is 0 Å². The van der Waals surface area contributed by atoms with Gasteiger partial charge in [0.15, 0.2) is 0 Å². The van der Waals surface area contributed by atoms with E-state index in [-0.39, 0.29) is 12.6 Å². The van der Waals surface area contributed by atoms with Gasteiger partial charge >= 0.3 is 0 Å². The number of benzene rings is 1. The lowest BCUT2D eigenvalue weighted by Crippen LogP contribution is -2.29. The highest BCUT2D eigenvalue weighted by Crippen LogP contribution is 2.36. The minimum absolute atomic E-state index is 0.202. The number of hydrogen-bond donors (Lipinski definition) is 2. The SMILES string of the molecule is Cc1cc(C)c2c(c1)NC(CO)CS2. The summed E-state index contributed by atoms with van der Waals surface area (Å²) < 4.78 is 0. The topological polar surface area (TPSA) is 32.3 Å². The second-order valence-corrected chi connectivity index (χ2v) is 4.82. The van der Waals surface area contributed by atoms with Gasteiger partial charge < -0.3 is 10.4 Å². The second kappa shape index (κ2) is 3.83. The van der Waals surface area contributed by atoms with Crippen molar-refractivity contribution in [1.82, 2.24) is 0 Å². The van der Waals surface area contributed by atoms with Crippen molar-refractivity contribution in [2.45, 2.75) is 24.8 Å². The van der Waals surface area contributed by atoms with Crippen LogP contribution in [0.5, 0.6) is 0 Å². The number of aliphatic hydroxyl groups is 1. The third kappa shape index (κ3) is 1.74. The number of fused-ring (bicyclic) bond motifs is 1. The first-order chi connectivity index (χ1) is 6.70. The highest BCUT2D eigenvalue weighted by atomic mass is 32.2. The number of aryl methyl sites for hydroxylation is 2. The highest BCUT2D eigenvalue weighted by Gasteiger charge is 2.18. The molecule has 0 fully saturated rings. The van der Waals surface area contributed by atoms with Crippen LogP contribution in [0.25, 0.3) is 0 Å². The molecule has 2 nitrogen and oxygen atoms in total. The quantitative estimate of drug-likeness (QED) is 0.743. The zero-order chi connectivity index (χ0) is 10.1. The van der Waals surface area contributed by atoms with E-state index in [9.17, 15) is 0 Å². The largest absolute Gasteiger partial charge is 0.394 e. The monoisotopic (exact) mass is 209 g/mol. The predicted octanol–water partition coefficient (Wildman–Crippen LogP) is 2.18. The van der Waals surface area contributed by atoms with Gasteiger partial charge in [0, 0.05) is 16.3 Å². The van der Waals surface area contributed by atoms with E-state index in [1.165, 1.54) is 21.7 Å². The Hall–Kier alpha value is -0.670. The molecule has 1 aliphatic heterocycles. The molecule has 76 valence electrons. The van der Waals surface area contributed by atoms with Crippen molar-refractivity contribution >= 4 is 17.4 Å². The highest BCUT2D eigenvalue weighted by molar-refractivity contribution is 7.99. The van der Waals surface area contributed by atoms with Gasteiger partial charge in [0.05, 0.1) is 12.6 Å². The first-order valence-electron chi connectivity index (χ1n) is 4.82. The van der Waals surface area contributed by atoms with Gasteiger partial charge in [0.1, 0.15) is 0 Å². The van der Waals surface area contributed by atoms with Crippen LogP contribution >= 0.6 is 11.8 Å². The molecular formula is C11H15NOS. The predicted molar refractivity (Wildman–Crippen MR) is 61.1 cm³/mol. The maximum absolute atomic E-state index is 9.08. The normalized spacial score (nSPS) is 20.1. The standard InChI is InChI=1S/C11H15NOS/c1-7-3-8(2)11-10(4-7)12-9(5-13)6-14-11/h3-4,9,12-13H,5-6H2,1-2H3. The second-order valence-electron chi connectivity index (χ2n) is 3.79. The molecule has 1 aliphatic rings. The van der Waals surface area contributed by atoms with Gasteiger partial charge in [-0.2, -0.15) is 0 Å². The Morgan fingerprint density at radius 3 is 3.00 bits per heavy atom. The Bertz CT molecular complexity index is 351. The maximum Gasteiger partial charge on any atom is 0.0641 e. The average molecular weight is 209 g/mol. The lowest BCUT2D eigenvalue weighted by molar-refractivity contribution is 0.282. The Labute approximate surface area is 88.7 Å². The fraction of sp³-hybridized carbons (Fsp3) is 0.455. The molecule has 0 amide bonds. The number of aliphatic hydroxyl groups excluding tert-OH is 1. The van der Waals surface area contributed by atoms with Crippen molar-refractivity contribution in [3.05, 3.63) is 23.3 Å². The molecule has 1 unspecified atom stereocenters. The van der Waals surface area contributed by atoms with Crippen molar-refractivity contribution < 1.29 is 5.11 Å². The van der Waals surface area contributed by atoms with E-state index in [1.807, 2.05) is 11.8 Å². The van der Waals surface area contributed by atoms with Crippen LogP contribution in [0.2, 0.25) is 0 Å². The molecule has 0 saturated carbocycles. The molecule has 1 heterocycles. The number of rotatable bonds is 1. The molecule has 1 aromatic carbocycles. The van der Waals surface area contributed by atoms with Gasteiger partial charge in [0.2, 0.25) is 0 Å². The van der Waals surface area contributed by atoms with Gasteiger partial charge in [-0.3, -0.25) is 0 Å². The van der Waals surface area contributed by atoms with Crippen LogP contribution in [0.15, 0.2) is 17.0 Å². The van der Waals surface area contributed by atoms with Crippen molar-refractivity contribution in [1.29, 1.82) is 0 Å². The van der Waals surface area contributed by atoms with Crippen LogP contribution in [0.1, 0.15) is 11.1 Å². The van der Waals surface area contributed by atoms with Crippen molar-refractivity contribution in [3.8, 4) is 0 Å². The summed E-state index contributed by atoms with van der Waals surface area (Å²) in [6.45, 7) is 4.45. The molecule has 0 aliphatic carbocycles. The van der Waals surface area contributed by atoms with Crippen LogP contribution in [0, 0.1) is 13.8 Å². The Kier molecular flexibility index (Phi) is 2.70. The number of anilines is 1. The summed E-state index contributed by atoms with van der Waals surface area (Å²) >= 11 is 1.83. The molecule has 2 rings (SSSR count). The summed E-state index contributed by atoms with van der Waals surface area (Å²) in [7, 11) is 0. The molecule has 0 bridgehead atoms. The van der Waals surface area contributed by atoms with Crippen molar-refractivity contribution in [2.75, 3.05) is 17.7 Å². The van der Waals surface area contributed by atoms with E-state index in [0.717, 1.165) is 5.75 Å². The Morgan fingerprint density at radius 1 is 1.50 bits per heavy atom. The smallest absolute Gasteiger partial charge is 0.0641 e. The van der Waals surface area contributed by atoms with Crippen LogP contribution in [0.3, 0.4) is 0 Å². The zero-order valence-electron chi connectivity index (χ0n) is 8.50. The van der Waals surface area contributed by atoms with Crippen LogP contribution in [0.4, 0.5) is 5.69 Å². The van der Waals surface area contributed by atoms with E-state index in [2.05, 4.69) is 31.3 Å². The van der Waals surface area contributed by atoms with E-state index in [4.69, 9.17) is 5.11 Å². The van der Waals surface area contributed by atoms with Crippen molar-refractivity contribution in [2.24, 2.45) is 0 Å². The molecule has 0 aromatic heterocycles. The number of thioether (sulfide) groups is 1. The summed E-state index contributed by atoms with van der Waals surface area (Å²) in [5.74, 6) is 0.952. The zero-order valence-corrected chi connectivity index (χ0v) is 9.32. The molecule has 2 N–H and O–H groups in total. The number of nitrogens with one attached hydrogen (secondary N) is 1. The molecule has 3 heteroatoms. The minimum atomic E-state index is 0.202. The third-order valence-electron chi connectivity index (χ3n) is 2.43. The summed E-state index contributed by atoms with van der Waals surface area (Å²) in [6, 6.07) is 4.55.